The number of nitrogens with zero attached hydrogens (tertiary/aromatic N) is 1. The minimum absolute atomic E-state index is 0.0785. The molecule has 2 heterocycles. The van der Waals surface area contributed by atoms with Crippen LogP contribution in [0.15, 0.2) is 82.6 Å². The highest BCUT2D eigenvalue weighted by atomic mass is 32.2. The van der Waals surface area contributed by atoms with Gasteiger partial charge >= 0.3 is 0 Å². The Labute approximate surface area is 160 Å². The molecule has 4 rings (SSSR count). The van der Waals surface area contributed by atoms with Crippen LogP contribution in [0.3, 0.4) is 0 Å². The van der Waals surface area contributed by atoms with E-state index in [1.54, 1.807) is 36.5 Å². The highest BCUT2D eigenvalue weighted by Crippen LogP contribution is 2.36. The van der Waals surface area contributed by atoms with E-state index in [9.17, 15) is 13.2 Å². The Morgan fingerprint density at radius 1 is 0.889 bits per heavy atom. The second kappa shape index (κ2) is 6.72. The Balaban J connectivity index is 2.03. The van der Waals surface area contributed by atoms with Crippen molar-refractivity contribution in [1.82, 2.24) is 4.98 Å². The van der Waals surface area contributed by atoms with Crippen LogP contribution in [0.25, 0.3) is 31.8 Å². The minimum atomic E-state index is -3.28. The van der Waals surface area contributed by atoms with Gasteiger partial charge in [-0.05, 0) is 42.0 Å². The summed E-state index contributed by atoms with van der Waals surface area (Å²) in [6, 6.07) is 19.6. The van der Waals surface area contributed by atoms with Crippen molar-refractivity contribution in [2.45, 2.75) is 4.90 Å². The van der Waals surface area contributed by atoms with Crippen LogP contribution < -0.4 is 5.43 Å². The number of fused-ring (bicyclic) bond motifs is 1. The summed E-state index contributed by atoms with van der Waals surface area (Å²) in [5.41, 5.74) is 1.85. The average Bonchev–Trinajstić information content (AvgIpc) is 2.68. The third-order valence-electron chi connectivity index (χ3n) is 4.26. The smallest absolute Gasteiger partial charge is 0.198 e. The molecule has 0 saturated carbocycles. The predicted octanol–water partition coefficient (Wildman–Crippen LogP) is 4.39. The summed E-state index contributed by atoms with van der Waals surface area (Å²) in [6.45, 7) is 0. The van der Waals surface area contributed by atoms with E-state index in [-0.39, 0.29) is 10.3 Å². The molecule has 0 spiro atoms. The van der Waals surface area contributed by atoms with Crippen LogP contribution in [0.4, 0.5) is 0 Å². The third-order valence-corrected chi connectivity index (χ3v) is 6.61. The van der Waals surface area contributed by atoms with Crippen LogP contribution in [0.5, 0.6) is 0 Å². The zero-order chi connectivity index (χ0) is 19.0. The molecule has 2 aromatic heterocycles. The molecule has 0 fully saturated rings. The van der Waals surface area contributed by atoms with Crippen molar-refractivity contribution in [3.8, 4) is 21.7 Å². The molecular formula is C21H15NO3S2. The van der Waals surface area contributed by atoms with Crippen LogP contribution >= 0.6 is 11.3 Å². The quantitative estimate of drug-likeness (QED) is 0.518. The van der Waals surface area contributed by atoms with E-state index in [4.69, 9.17) is 0 Å². The van der Waals surface area contributed by atoms with Gasteiger partial charge in [0.2, 0.25) is 0 Å². The van der Waals surface area contributed by atoms with E-state index < -0.39 is 9.84 Å². The van der Waals surface area contributed by atoms with Gasteiger partial charge in [-0.1, -0.05) is 30.3 Å². The van der Waals surface area contributed by atoms with E-state index in [0.29, 0.717) is 16.6 Å². The van der Waals surface area contributed by atoms with Crippen molar-refractivity contribution >= 4 is 31.3 Å². The lowest BCUT2D eigenvalue weighted by atomic mass is 10.0. The maximum atomic E-state index is 13.2. The molecule has 0 aliphatic carbocycles. The lowest BCUT2D eigenvalue weighted by Gasteiger charge is -2.10. The van der Waals surface area contributed by atoms with Gasteiger partial charge in [-0.2, -0.15) is 0 Å². The Morgan fingerprint density at radius 2 is 1.59 bits per heavy atom. The number of hydrogen-bond acceptors (Lipinski definition) is 5. The molecule has 0 bridgehead atoms. The van der Waals surface area contributed by atoms with Crippen LogP contribution in [0, 0.1) is 0 Å². The number of rotatable bonds is 3. The summed E-state index contributed by atoms with van der Waals surface area (Å²) < 4.78 is 24.4. The Kier molecular flexibility index (Phi) is 4.37. The first-order chi connectivity index (χ1) is 12.9. The van der Waals surface area contributed by atoms with Crippen molar-refractivity contribution in [3.05, 3.63) is 83.2 Å². The van der Waals surface area contributed by atoms with Crippen molar-refractivity contribution < 1.29 is 8.42 Å². The average molecular weight is 393 g/mol. The molecule has 0 radical (unpaired) electrons. The van der Waals surface area contributed by atoms with Gasteiger partial charge in [0, 0.05) is 27.4 Å². The summed E-state index contributed by atoms with van der Waals surface area (Å²) in [6.07, 6.45) is 2.83. The number of hydrogen-bond donors (Lipinski definition) is 0. The fraction of sp³-hybridized carbons (Fsp3) is 0.0476. The van der Waals surface area contributed by atoms with Crippen molar-refractivity contribution in [1.29, 1.82) is 0 Å². The predicted molar refractivity (Wildman–Crippen MR) is 110 cm³/mol. The Hall–Kier alpha value is -2.83. The van der Waals surface area contributed by atoms with E-state index in [1.807, 2.05) is 36.4 Å². The maximum Gasteiger partial charge on any atom is 0.198 e. The van der Waals surface area contributed by atoms with Gasteiger partial charge in [-0.15, -0.1) is 11.3 Å². The van der Waals surface area contributed by atoms with Gasteiger partial charge in [0.05, 0.1) is 16.2 Å². The first-order valence-electron chi connectivity index (χ1n) is 8.23. The third kappa shape index (κ3) is 3.29. The zero-order valence-corrected chi connectivity index (χ0v) is 16.0. The fourth-order valence-electron chi connectivity index (χ4n) is 2.94. The molecule has 0 atom stereocenters. The van der Waals surface area contributed by atoms with E-state index in [1.165, 1.54) is 17.6 Å². The second-order valence-corrected chi connectivity index (χ2v) is 9.21. The highest BCUT2D eigenvalue weighted by molar-refractivity contribution is 7.90. The zero-order valence-electron chi connectivity index (χ0n) is 14.4. The molecule has 0 aliphatic rings. The second-order valence-electron chi connectivity index (χ2n) is 6.14. The molecule has 6 heteroatoms. The minimum Gasteiger partial charge on any atom is -0.288 e. The fourth-order valence-corrected chi connectivity index (χ4v) is 4.76. The Bertz CT molecular complexity index is 1290. The molecule has 4 nitrogen and oxygen atoms in total. The summed E-state index contributed by atoms with van der Waals surface area (Å²) in [5, 5.41) is 0.652. The first-order valence-corrected chi connectivity index (χ1v) is 10.9. The highest BCUT2D eigenvalue weighted by Gasteiger charge is 2.17. The maximum absolute atomic E-state index is 13.2. The van der Waals surface area contributed by atoms with Gasteiger partial charge in [0.15, 0.2) is 15.3 Å². The monoisotopic (exact) mass is 393 g/mol. The summed E-state index contributed by atoms with van der Waals surface area (Å²) >= 11 is 1.50. The van der Waals surface area contributed by atoms with Gasteiger partial charge in [-0.25, -0.2) is 8.42 Å². The summed E-state index contributed by atoms with van der Waals surface area (Å²) in [5.74, 6) is 0. The van der Waals surface area contributed by atoms with Crippen LogP contribution in [0.1, 0.15) is 0 Å². The molecule has 27 heavy (non-hydrogen) atoms. The lowest BCUT2D eigenvalue weighted by Crippen LogP contribution is -2.07. The number of aromatic nitrogens is 1. The molecular weight excluding hydrogens is 378 g/mol. The molecule has 0 aliphatic heterocycles. The normalized spacial score (nSPS) is 11.6. The van der Waals surface area contributed by atoms with E-state index >= 15 is 0 Å². The molecule has 0 saturated heterocycles. The van der Waals surface area contributed by atoms with Crippen molar-refractivity contribution in [2.75, 3.05) is 6.26 Å². The number of sulfone groups is 1. The first kappa shape index (κ1) is 17.6. The summed E-state index contributed by atoms with van der Waals surface area (Å²) in [7, 11) is -3.28. The lowest BCUT2D eigenvalue weighted by molar-refractivity contribution is 0.602. The standard InChI is InChI=1S/C21H15NO3S2/c1-27(24,25)15-11-9-14(10-12-15)21-19(17-7-4-5-13-22-17)20(23)16-6-2-3-8-18(16)26-21/h2-13H,1H3. The van der Waals surface area contributed by atoms with Crippen LogP contribution in [-0.4, -0.2) is 19.7 Å². The van der Waals surface area contributed by atoms with Crippen LogP contribution in [0.2, 0.25) is 0 Å². The topological polar surface area (TPSA) is 64.1 Å². The Morgan fingerprint density at radius 3 is 2.26 bits per heavy atom. The molecule has 134 valence electrons. The van der Waals surface area contributed by atoms with Gasteiger partial charge < -0.3 is 0 Å². The molecule has 0 unspecified atom stereocenters. The summed E-state index contributed by atoms with van der Waals surface area (Å²) in [4.78, 5) is 18.6. The molecule has 0 N–H and O–H groups in total. The largest absolute Gasteiger partial charge is 0.288 e. The molecule has 4 aromatic rings. The van der Waals surface area contributed by atoms with E-state index in [2.05, 4.69) is 4.98 Å². The molecule has 0 amide bonds. The SMILES string of the molecule is CS(=O)(=O)c1ccc(-c2sc3ccccc3c(=O)c2-c2ccccn2)cc1. The van der Waals surface area contributed by atoms with Crippen molar-refractivity contribution in [3.63, 3.8) is 0 Å². The van der Waals surface area contributed by atoms with Crippen molar-refractivity contribution in [2.24, 2.45) is 0 Å². The van der Waals surface area contributed by atoms with Gasteiger partial charge in [0.25, 0.3) is 0 Å². The number of pyridine rings is 1. The van der Waals surface area contributed by atoms with Gasteiger partial charge in [0.1, 0.15) is 0 Å². The molecule has 2 aromatic carbocycles. The van der Waals surface area contributed by atoms with Gasteiger partial charge in [-0.3, -0.25) is 9.78 Å². The number of benzene rings is 2. The van der Waals surface area contributed by atoms with E-state index in [0.717, 1.165) is 15.1 Å². The van der Waals surface area contributed by atoms with Crippen LogP contribution in [-0.2, 0) is 9.84 Å².